The summed E-state index contributed by atoms with van der Waals surface area (Å²) in [7, 11) is 1.63. The van der Waals surface area contributed by atoms with Gasteiger partial charge in [0.1, 0.15) is 11.6 Å². The molecule has 3 rings (SSSR count). The zero-order valence-corrected chi connectivity index (χ0v) is 14.0. The average Bonchev–Trinajstić information content (AvgIpc) is 2.89. The zero-order chi connectivity index (χ0) is 16.4. The third kappa shape index (κ3) is 3.32. The zero-order valence-electron chi connectivity index (χ0n) is 14.0. The lowest BCUT2D eigenvalue weighted by Gasteiger charge is -2.26. The van der Waals surface area contributed by atoms with E-state index in [4.69, 9.17) is 4.74 Å². The molecule has 0 aliphatic carbocycles. The number of benzene rings is 1. The van der Waals surface area contributed by atoms with Crippen molar-refractivity contribution in [3.05, 3.63) is 40.6 Å². The van der Waals surface area contributed by atoms with Crippen molar-refractivity contribution in [3.63, 3.8) is 0 Å². The van der Waals surface area contributed by atoms with Gasteiger partial charge in [-0.05, 0) is 43.1 Å². The summed E-state index contributed by atoms with van der Waals surface area (Å²) in [5.74, 6) is 2.31. The molecule has 0 spiro atoms. The number of fused-ring (bicyclic) bond motifs is 1. The molecule has 0 N–H and O–H groups in total. The molecule has 1 aliphatic rings. The molecule has 0 fully saturated rings. The minimum absolute atomic E-state index is 0.0614. The van der Waals surface area contributed by atoms with Gasteiger partial charge in [0.15, 0.2) is 0 Å². The van der Waals surface area contributed by atoms with Crippen molar-refractivity contribution in [3.8, 4) is 11.4 Å². The normalized spacial score (nSPS) is 15.0. The third-order valence-corrected chi connectivity index (χ3v) is 4.28. The molecule has 2 aromatic rings. The average molecular weight is 316 g/mol. The number of hydrogen-bond donors (Lipinski definition) is 0. The van der Waals surface area contributed by atoms with Gasteiger partial charge in [-0.2, -0.15) is 4.68 Å². The Hall–Kier alpha value is -2.08. The molecule has 1 aliphatic heterocycles. The van der Waals surface area contributed by atoms with Crippen molar-refractivity contribution in [2.75, 3.05) is 20.2 Å². The van der Waals surface area contributed by atoms with Crippen LogP contribution >= 0.6 is 0 Å². The summed E-state index contributed by atoms with van der Waals surface area (Å²) in [4.78, 5) is 14.9. The lowest BCUT2D eigenvalue weighted by Crippen LogP contribution is -2.38. The van der Waals surface area contributed by atoms with Crippen LogP contribution in [0.4, 0.5) is 0 Å². The lowest BCUT2D eigenvalue weighted by atomic mass is 10.1. The molecule has 1 aromatic carbocycles. The number of nitrogens with zero attached hydrogens (tertiary/aromatic N) is 4. The van der Waals surface area contributed by atoms with Crippen LogP contribution in [0.1, 0.15) is 26.1 Å². The Morgan fingerprint density at radius 1 is 1.22 bits per heavy atom. The van der Waals surface area contributed by atoms with Crippen molar-refractivity contribution < 1.29 is 4.74 Å². The Labute approximate surface area is 136 Å². The molecule has 0 radical (unpaired) electrons. The van der Waals surface area contributed by atoms with Gasteiger partial charge in [0.25, 0.3) is 0 Å². The molecule has 124 valence electrons. The summed E-state index contributed by atoms with van der Waals surface area (Å²) in [6.07, 6.45) is 1.17. The Morgan fingerprint density at radius 2 is 1.96 bits per heavy atom. The highest BCUT2D eigenvalue weighted by atomic mass is 16.5. The Bertz CT molecular complexity index is 715. The van der Waals surface area contributed by atoms with Crippen molar-refractivity contribution >= 4 is 0 Å². The first kappa shape index (κ1) is 15.8. The van der Waals surface area contributed by atoms with Crippen LogP contribution in [-0.2, 0) is 13.1 Å². The molecule has 6 heteroatoms. The van der Waals surface area contributed by atoms with Gasteiger partial charge in [0.2, 0.25) is 0 Å². The summed E-state index contributed by atoms with van der Waals surface area (Å²) >= 11 is 0. The topological polar surface area (TPSA) is 52.3 Å². The summed E-state index contributed by atoms with van der Waals surface area (Å²) in [5, 5.41) is 4.54. The van der Waals surface area contributed by atoms with Crippen LogP contribution in [0.15, 0.2) is 29.1 Å². The van der Waals surface area contributed by atoms with E-state index in [-0.39, 0.29) is 5.69 Å². The van der Waals surface area contributed by atoms with Crippen molar-refractivity contribution in [1.82, 2.24) is 19.2 Å². The van der Waals surface area contributed by atoms with Gasteiger partial charge in [0, 0.05) is 13.1 Å². The highest BCUT2D eigenvalue weighted by Gasteiger charge is 2.22. The fraction of sp³-hybridized carbons (Fsp3) is 0.529. The summed E-state index contributed by atoms with van der Waals surface area (Å²) < 4.78 is 8.43. The van der Waals surface area contributed by atoms with E-state index in [1.54, 1.807) is 11.7 Å². The second kappa shape index (κ2) is 6.58. The monoisotopic (exact) mass is 316 g/mol. The summed E-state index contributed by atoms with van der Waals surface area (Å²) in [6, 6.07) is 7.40. The summed E-state index contributed by atoms with van der Waals surface area (Å²) in [6.45, 7) is 7.89. The van der Waals surface area contributed by atoms with Gasteiger partial charge >= 0.3 is 5.69 Å². The number of ether oxygens (including phenoxy) is 1. The predicted molar refractivity (Wildman–Crippen MR) is 89.1 cm³/mol. The quantitative estimate of drug-likeness (QED) is 0.845. The molecule has 6 nitrogen and oxygen atoms in total. The standard InChI is InChI=1S/C17H24N4O2/c1-13(2)8-9-19-10-11-20-16(12-19)18-21(17(20)22)14-4-6-15(23-3)7-5-14/h4-7,13H,8-12H2,1-3H3. The Morgan fingerprint density at radius 3 is 2.61 bits per heavy atom. The molecule has 0 unspecified atom stereocenters. The summed E-state index contributed by atoms with van der Waals surface area (Å²) in [5.41, 5.74) is 0.708. The third-order valence-electron chi connectivity index (χ3n) is 4.28. The van der Waals surface area contributed by atoms with Gasteiger partial charge < -0.3 is 4.74 Å². The van der Waals surface area contributed by atoms with Gasteiger partial charge in [-0.3, -0.25) is 9.47 Å². The number of methoxy groups -OCH3 is 1. The fourth-order valence-electron chi connectivity index (χ4n) is 2.82. The molecular formula is C17H24N4O2. The molecule has 23 heavy (non-hydrogen) atoms. The van der Waals surface area contributed by atoms with E-state index in [0.29, 0.717) is 12.5 Å². The van der Waals surface area contributed by atoms with Gasteiger partial charge in [-0.1, -0.05) is 13.8 Å². The van der Waals surface area contributed by atoms with E-state index in [1.165, 1.54) is 11.1 Å². The Balaban J connectivity index is 1.82. The van der Waals surface area contributed by atoms with Gasteiger partial charge in [0.05, 0.1) is 19.3 Å². The van der Waals surface area contributed by atoms with Crippen LogP contribution in [0.2, 0.25) is 0 Å². The van der Waals surface area contributed by atoms with Crippen LogP contribution in [0.25, 0.3) is 5.69 Å². The SMILES string of the molecule is COc1ccc(-n2nc3n(c2=O)CCN(CCC(C)C)C3)cc1. The molecule has 0 atom stereocenters. The molecule has 1 aromatic heterocycles. The highest BCUT2D eigenvalue weighted by molar-refractivity contribution is 5.36. The predicted octanol–water partition coefficient (Wildman–Crippen LogP) is 1.90. The molecular weight excluding hydrogens is 292 g/mol. The van der Waals surface area contributed by atoms with E-state index in [0.717, 1.165) is 36.9 Å². The molecule has 0 amide bonds. The molecule has 0 saturated heterocycles. The van der Waals surface area contributed by atoms with Gasteiger partial charge in [-0.25, -0.2) is 4.79 Å². The maximum Gasteiger partial charge on any atom is 0.350 e. The number of rotatable bonds is 5. The number of hydrogen-bond acceptors (Lipinski definition) is 4. The fourth-order valence-corrected chi connectivity index (χ4v) is 2.82. The first-order chi connectivity index (χ1) is 11.1. The van der Waals surface area contributed by atoms with Crippen LogP contribution in [-0.4, -0.2) is 39.4 Å². The molecule has 0 bridgehead atoms. The Kier molecular flexibility index (Phi) is 4.52. The maximum absolute atomic E-state index is 12.6. The van der Waals surface area contributed by atoms with E-state index in [9.17, 15) is 4.79 Å². The smallest absolute Gasteiger partial charge is 0.350 e. The minimum Gasteiger partial charge on any atom is -0.497 e. The van der Waals surface area contributed by atoms with E-state index >= 15 is 0 Å². The largest absolute Gasteiger partial charge is 0.497 e. The first-order valence-corrected chi connectivity index (χ1v) is 8.14. The van der Waals surface area contributed by atoms with Crippen LogP contribution in [0, 0.1) is 5.92 Å². The van der Waals surface area contributed by atoms with E-state index in [1.807, 2.05) is 24.3 Å². The van der Waals surface area contributed by atoms with Crippen LogP contribution < -0.4 is 10.4 Å². The second-order valence-electron chi connectivity index (χ2n) is 6.42. The van der Waals surface area contributed by atoms with Crippen LogP contribution in [0.5, 0.6) is 5.75 Å². The maximum atomic E-state index is 12.6. The van der Waals surface area contributed by atoms with Crippen LogP contribution in [0.3, 0.4) is 0 Å². The highest BCUT2D eigenvalue weighted by Crippen LogP contribution is 2.15. The van der Waals surface area contributed by atoms with E-state index < -0.39 is 0 Å². The van der Waals surface area contributed by atoms with E-state index in [2.05, 4.69) is 23.8 Å². The molecule has 2 heterocycles. The molecule has 0 saturated carbocycles. The van der Waals surface area contributed by atoms with Gasteiger partial charge in [-0.15, -0.1) is 5.10 Å². The lowest BCUT2D eigenvalue weighted by molar-refractivity contribution is 0.204. The van der Waals surface area contributed by atoms with Crippen molar-refractivity contribution in [2.24, 2.45) is 5.92 Å². The first-order valence-electron chi connectivity index (χ1n) is 8.14. The number of aromatic nitrogens is 3. The minimum atomic E-state index is -0.0614. The van der Waals surface area contributed by atoms with Crippen molar-refractivity contribution in [2.45, 2.75) is 33.4 Å². The second-order valence-corrected chi connectivity index (χ2v) is 6.42. The van der Waals surface area contributed by atoms with Crippen molar-refractivity contribution in [1.29, 1.82) is 0 Å².